The molecule has 22 heavy (non-hydrogen) atoms. The lowest BCUT2D eigenvalue weighted by Gasteiger charge is -2.21. The second kappa shape index (κ2) is 6.84. The molecule has 0 spiro atoms. The second-order valence-corrected chi connectivity index (χ2v) is 5.98. The molecule has 1 unspecified atom stereocenters. The van der Waals surface area contributed by atoms with Crippen LogP contribution >= 0.6 is 11.6 Å². The van der Waals surface area contributed by atoms with E-state index in [0.29, 0.717) is 0 Å². The molecule has 1 aliphatic rings. The lowest BCUT2D eigenvalue weighted by atomic mass is 9.96. The van der Waals surface area contributed by atoms with E-state index in [9.17, 15) is 0 Å². The van der Waals surface area contributed by atoms with E-state index in [1.165, 1.54) is 16.7 Å². The van der Waals surface area contributed by atoms with Crippen LogP contribution in [0.1, 0.15) is 22.7 Å². The normalized spacial score (nSPS) is 15.1. The summed E-state index contributed by atoms with van der Waals surface area (Å²) in [7, 11) is 0. The van der Waals surface area contributed by atoms with Gasteiger partial charge in [-0.15, -0.1) is 0 Å². The van der Waals surface area contributed by atoms with Gasteiger partial charge in [-0.2, -0.15) is 0 Å². The van der Waals surface area contributed by atoms with Gasteiger partial charge in [0.15, 0.2) is 5.96 Å². The number of aryl methyl sites for hydroxylation is 1. The third-order valence-electron chi connectivity index (χ3n) is 3.92. The SMILES string of the molecule is Cc1ccccc1CC(NC1=NCCN1)c1cccc(Cl)c1. The van der Waals surface area contributed by atoms with Crippen LogP contribution in [0.3, 0.4) is 0 Å². The van der Waals surface area contributed by atoms with Crippen molar-refractivity contribution in [1.82, 2.24) is 10.6 Å². The zero-order valence-corrected chi connectivity index (χ0v) is 13.4. The van der Waals surface area contributed by atoms with Crippen LogP contribution in [0.15, 0.2) is 53.5 Å². The molecular formula is C18H20ClN3. The molecule has 1 heterocycles. The van der Waals surface area contributed by atoms with Gasteiger partial charge in [-0.1, -0.05) is 48.0 Å². The molecular weight excluding hydrogens is 294 g/mol. The predicted molar refractivity (Wildman–Crippen MR) is 92.5 cm³/mol. The van der Waals surface area contributed by atoms with E-state index >= 15 is 0 Å². The van der Waals surface area contributed by atoms with Gasteiger partial charge in [-0.05, 0) is 42.2 Å². The Labute approximate surface area is 136 Å². The summed E-state index contributed by atoms with van der Waals surface area (Å²) in [4.78, 5) is 4.45. The molecule has 2 N–H and O–H groups in total. The van der Waals surface area contributed by atoms with Gasteiger partial charge in [-0.25, -0.2) is 0 Å². The Bertz CT molecular complexity index is 682. The van der Waals surface area contributed by atoms with Crippen LogP contribution in [0.5, 0.6) is 0 Å². The lowest BCUT2D eigenvalue weighted by molar-refractivity contribution is 0.632. The van der Waals surface area contributed by atoms with E-state index in [2.05, 4.69) is 52.9 Å². The lowest BCUT2D eigenvalue weighted by Crippen LogP contribution is -2.37. The quantitative estimate of drug-likeness (QED) is 0.906. The number of nitrogens with one attached hydrogen (secondary N) is 2. The zero-order chi connectivity index (χ0) is 15.4. The standard InChI is InChI=1S/C18H20ClN3/c1-13-5-2-3-6-14(13)12-17(22-18-20-9-10-21-18)15-7-4-8-16(19)11-15/h2-8,11,17H,9-10,12H2,1H3,(H2,20,21,22). The van der Waals surface area contributed by atoms with Gasteiger partial charge in [0.2, 0.25) is 0 Å². The maximum atomic E-state index is 6.17. The first-order chi connectivity index (χ1) is 10.7. The maximum absolute atomic E-state index is 6.17. The molecule has 2 aromatic carbocycles. The fraction of sp³-hybridized carbons (Fsp3) is 0.278. The summed E-state index contributed by atoms with van der Waals surface area (Å²) in [6, 6.07) is 16.7. The highest BCUT2D eigenvalue weighted by molar-refractivity contribution is 6.30. The number of hydrogen-bond donors (Lipinski definition) is 2. The molecule has 0 radical (unpaired) electrons. The van der Waals surface area contributed by atoms with Gasteiger partial charge >= 0.3 is 0 Å². The average molecular weight is 314 g/mol. The van der Waals surface area contributed by atoms with E-state index < -0.39 is 0 Å². The van der Waals surface area contributed by atoms with Crippen LogP contribution in [0.25, 0.3) is 0 Å². The Kier molecular flexibility index (Phi) is 4.64. The summed E-state index contributed by atoms with van der Waals surface area (Å²) in [6.07, 6.45) is 0.897. The van der Waals surface area contributed by atoms with Crippen molar-refractivity contribution >= 4 is 17.6 Å². The van der Waals surface area contributed by atoms with Crippen molar-refractivity contribution in [2.24, 2.45) is 4.99 Å². The fourth-order valence-corrected chi connectivity index (χ4v) is 2.89. The number of hydrogen-bond acceptors (Lipinski definition) is 3. The minimum Gasteiger partial charge on any atom is -0.355 e. The molecule has 1 atom stereocenters. The summed E-state index contributed by atoms with van der Waals surface area (Å²) >= 11 is 6.17. The Balaban J connectivity index is 1.87. The number of halogens is 1. The number of nitrogens with zero attached hydrogens (tertiary/aromatic N) is 1. The van der Waals surface area contributed by atoms with Crippen molar-refractivity contribution in [3.05, 3.63) is 70.2 Å². The molecule has 2 aromatic rings. The average Bonchev–Trinajstić information content (AvgIpc) is 3.02. The Morgan fingerprint density at radius 2 is 2.09 bits per heavy atom. The minimum atomic E-state index is 0.143. The first-order valence-electron chi connectivity index (χ1n) is 7.57. The summed E-state index contributed by atoms with van der Waals surface area (Å²) in [5.41, 5.74) is 3.81. The Hall–Kier alpha value is -2.00. The molecule has 0 bridgehead atoms. The predicted octanol–water partition coefficient (Wildman–Crippen LogP) is 3.48. The number of rotatable bonds is 4. The molecule has 0 fully saturated rings. The molecule has 3 nitrogen and oxygen atoms in total. The smallest absolute Gasteiger partial charge is 0.191 e. The van der Waals surface area contributed by atoms with Crippen LogP contribution in [-0.4, -0.2) is 19.0 Å². The van der Waals surface area contributed by atoms with E-state index in [4.69, 9.17) is 11.6 Å². The van der Waals surface area contributed by atoms with Crippen molar-refractivity contribution in [2.75, 3.05) is 13.1 Å². The van der Waals surface area contributed by atoms with Crippen LogP contribution in [0.2, 0.25) is 5.02 Å². The number of guanidine groups is 1. The molecule has 1 aliphatic heterocycles. The zero-order valence-electron chi connectivity index (χ0n) is 12.6. The van der Waals surface area contributed by atoms with Gasteiger partial charge in [0, 0.05) is 11.6 Å². The largest absolute Gasteiger partial charge is 0.355 e. The monoisotopic (exact) mass is 313 g/mol. The fourth-order valence-electron chi connectivity index (χ4n) is 2.69. The van der Waals surface area contributed by atoms with Crippen molar-refractivity contribution in [3.8, 4) is 0 Å². The van der Waals surface area contributed by atoms with E-state index in [1.54, 1.807) is 0 Å². The van der Waals surface area contributed by atoms with E-state index in [-0.39, 0.29) is 6.04 Å². The molecule has 4 heteroatoms. The topological polar surface area (TPSA) is 36.4 Å². The maximum Gasteiger partial charge on any atom is 0.191 e. The van der Waals surface area contributed by atoms with Crippen LogP contribution in [0.4, 0.5) is 0 Å². The van der Waals surface area contributed by atoms with Gasteiger partial charge < -0.3 is 10.6 Å². The van der Waals surface area contributed by atoms with Gasteiger partial charge in [0.1, 0.15) is 0 Å². The molecule has 3 rings (SSSR count). The summed E-state index contributed by atoms with van der Waals surface area (Å²) < 4.78 is 0. The molecule has 0 amide bonds. The highest BCUT2D eigenvalue weighted by Crippen LogP contribution is 2.23. The molecule has 0 saturated heterocycles. The Morgan fingerprint density at radius 1 is 1.23 bits per heavy atom. The van der Waals surface area contributed by atoms with E-state index in [0.717, 1.165) is 30.5 Å². The summed E-state index contributed by atoms with van der Waals surface area (Å²) in [5.74, 6) is 0.874. The second-order valence-electron chi connectivity index (χ2n) is 5.54. The number of benzene rings is 2. The van der Waals surface area contributed by atoms with Crippen LogP contribution < -0.4 is 10.6 Å². The van der Waals surface area contributed by atoms with Gasteiger partial charge in [-0.3, -0.25) is 4.99 Å². The molecule has 0 saturated carbocycles. The van der Waals surface area contributed by atoms with Crippen molar-refractivity contribution in [2.45, 2.75) is 19.4 Å². The first kappa shape index (κ1) is 14.9. The first-order valence-corrected chi connectivity index (χ1v) is 7.95. The Morgan fingerprint density at radius 3 is 2.82 bits per heavy atom. The van der Waals surface area contributed by atoms with Gasteiger partial charge in [0.05, 0.1) is 12.6 Å². The number of aliphatic imine (C=N–C) groups is 1. The van der Waals surface area contributed by atoms with Crippen LogP contribution in [0, 0.1) is 6.92 Å². The van der Waals surface area contributed by atoms with Crippen molar-refractivity contribution in [3.63, 3.8) is 0 Å². The third-order valence-corrected chi connectivity index (χ3v) is 4.16. The van der Waals surface area contributed by atoms with Crippen molar-refractivity contribution < 1.29 is 0 Å². The van der Waals surface area contributed by atoms with Crippen LogP contribution in [-0.2, 0) is 6.42 Å². The minimum absolute atomic E-state index is 0.143. The highest BCUT2D eigenvalue weighted by Gasteiger charge is 2.17. The summed E-state index contributed by atoms with van der Waals surface area (Å²) in [5, 5.41) is 7.55. The summed E-state index contributed by atoms with van der Waals surface area (Å²) in [6.45, 7) is 3.87. The highest BCUT2D eigenvalue weighted by atomic mass is 35.5. The molecule has 0 aliphatic carbocycles. The molecule has 114 valence electrons. The van der Waals surface area contributed by atoms with Gasteiger partial charge in [0.25, 0.3) is 0 Å². The van der Waals surface area contributed by atoms with Crippen molar-refractivity contribution in [1.29, 1.82) is 0 Å². The third kappa shape index (κ3) is 3.60. The molecule has 0 aromatic heterocycles. The van der Waals surface area contributed by atoms with E-state index in [1.807, 2.05) is 18.2 Å².